The van der Waals surface area contributed by atoms with Gasteiger partial charge in [-0.3, -0.25) is 4.98 Å². The Kier molecular flexibility index (Phi) is 5.08. The highest BCUT2D eigenvalue weighted by Crippen LogP contribution is 2.32. The van der Waals surface area contributed by atoms with E-state index in [0.29, 0.717) is 13.2 Å². The van der Waals surface area contributed by atoms with Crippen molar-refractivity contribution in [3.63, 3.8) is 0 Å². The van der Waals surface area contributed by atoms with Gasteiger partial charge in [0.25, 0.3) is 0 Å². The summed E-state index contributed by atoms with van der Waals surface area (Å²) in [5.74, 6) is 1.69. The van der Waals surface area contributed by atoms with Gasteiger partial charge in [0.2, 0.25) is 0 Å². The molecule has 0 amide bonds. The number of hydrogen-bond donors (Lipinski definition) is 0. The van der Waals surface area contributed by atoms with Crippen molar-refractivity contribution in [2.24, 2.45) is 0 Å². The molecule has 0 aliphatic carbocycles. The Bertz CT molecular complexity index is 896. The van der Waals surface area contributed by atoms with Crippen molar-refractivity contribution in [2.75, 3.05) is 6.61 Å². The number of aryl methyl sites for hydroxylation is 1. The van der Waals surface area contributed by atoms with Gasteiger partial charge in [0.1, 0.15) is 23.6 Å². The third kappa shape index (κ3) is 3.25. The number of allylic oxidation sites excluding steroid dienone is 1. The van der Waals surface area contributed by atoms with Gasteiger partial charge in [0.05, 0.1) is 12.1 Å². The minimum Gasteiger partial charge on any atom is -0.493 e. The summed E-state index contributed by atoms with van der Waals surface area (Å²) in [4.78, 5) is 4.55. The van der Waals surface area contributed by atoms with Crippen LogP contribution < -0.4 is 9.47 Å². The van der Waals surface area contributed by atoms with Crippen LogP contribution in [0.4, 0.5) is 0 Å². The first-order chi connectivity index (χ1) is 12.2. The Morgan fingerprint density at radius 3 is 2.68 bits per heavy atom. The predicted molar refractivity (Wildman–Crippen MR) is 101 cm³/mol. The Balaban J connectivity index is 1.97. The van der Waals surface area contributed by atoms with E-state index in [1.165, 1.54) is 11.3 Å². The average Bonchev–Trinajstić information content (AvgIpc) is 2.87. The monoisotopic (exact) mass is 336 g/mol. The molecule has 0 saturated carbocycles. The number of rotatable bonds is 7. The van der Waals surface area contributed by atoms with E-state index >= 15 is 0 Å². The molecule has 0 aliphatic heterocycles. The number of aromatic nitrogens is 2. The molecule has 2 aromatic heterocycles. The molecule has 0 fully saturated rings. The van der Waals surface area contributed by atoms with Gasteiger partial charge in [-0.15, -0.1) is 6.58 Å². The van der Waals surface area contributed by atoms with Crippen LogP contribution in [0.25, 0.3) is 11.0 Å². The molecule has 0 radical (unpaired) electrons. The van der Waals surface area contributed by atoms with Crippen LogP contribution in [0.3, 0.4) is 0 Å². The Labute approximate surface area is 148 Å². The van der Waals surface area contributed by atoms with Crippen LogP contribution in [0.1, 0.15) is 23.7 Å². The van der Waals surface area contributed by atoms with E-state index < -0.39 is 0 Å². The summed E-state index contributed by atoms with van der Waals surface area (Å²) in [5.41, 5.74) is 5.40. The maximum atomic E-state index is 6.17. The number of nitrogens with zero attached hydrogens (tertiary/aromatic N) is 2. The largest absolute Gasteiger partial charge is 0.493 e. The normalized spacial score (nSPS) is 10.8. The van der Waals surface area contributed by atoms with Crippen LogP contribution in [0.2, 0.25) is 0 Å². The smallest absolute Gasteiger partial charge is 0.147 e. The molecule has 0 spiro atoms. The maximum absolute atomic E-state index is 6.17. The number of benzene rings is 1. The lowest BCUT2D eigenvalue weighted by atomic mass is 10.2. The van der Waals surface area contributed by atoms with Gasteiger partial charge < -0.3 is 14.0 Å². The maximum Gasteiger partial charge on any atom is 0.147 e. The Morgan fingerprint density at radius 2 is 1.92 bits per heavy atom. The fourth-order valence-corrected chi connectivity index (χ4v) is 3.06. The zero-order valence-corrected chi connectivity index (χ0v) is 15.1. The molecule has 130 valence electrons. The molecule has 3 aromatic rings. The van der Waals surface area contributed by atoms with Gasteiger partial charge in [-0.1, -0.05) is 24.3 Å². The number of hydrogen-bond acceptors (Lipinski definition) is 3. The zero-order valence-electron chi connectivity index (χ0n) is 15.1. The summed E-state index contributed by atoms with van der Waals surface area (Å²) in [6.45, 7) is 11.9. The van der Waals surface area contributed by atoms with Gasteiger partial charge in [-0.25, -0.2) is 0 Å². The molecule has 2 heterocycles. The highest BCUT2D eigenvalue weighted by Gasteiger charge is 2.16. The van der Waals surface area contributed by atoms with E-state index in [1.807, 2.05) is 43.3 Å². The van der Waals surface area contributed by atoms with E-state index in [2.05, 4.69) is 30.0 Å². The standard InChI is InChI=1S/C21H24N2O2/c1-5-13-23-16(4)15(3)20-21(23)19(11-12-22-20)25-14-17-9-7-8-10-18(17)24-6-2/h5,7-12H,1,6,13-14H2,2-4H3. The van der Waals surface area contributed by atoms with Crippen LogP contribution in [-0.4, -0.2) is 16.2 Å². The van der Waals surface area contributed by atoms with Crippen molar-refractivity contribution in [2.45, 2.75) is 33.9 Å². The van der Waals surface area contributed by atoms with E-state index in [0.717, 1.165) is 34.6 Å². The second-order valence-electron chi connectivity index (χ2n) is 5.95. The molecule has 0 N–H and O–H groups in total. The molecule has 0 saturated heterocycles. The number of para-hydroxylation sites is 1. The predicted octanol–water partition coefficient (Wildman–Crippen LogP) is 4.82. The third-order valence-electron chi connectivity index (χ3n) is 4.43. The van der Waals surface area contributed by atoms with Crippen LogP contribution >= 0.6 is 0 Å². The van der Waals surface area contributed by atoms with Crippen LogP contribution in [0, 0.1) is 13.8 Å². The van der Waals surface area contributed by atoms with Gasteiger partial charge >= 0.3 is 0 Å². The first-order valence-corrected chi connectivity index (χ1v) is 8.56. The van der Waals surface area contributed by atoms with Crippen LogP contribution in [0.5, 0.6) is 11.5 Å². The van der Waals surface area contributed by atoms with Gasteiger partial charge in [0.15, 0.2) is 0 Å². The van der Waals surface area contributed by atoms with Gasteiger partial charge in [0, 0.05) is 30.1 Å². The number of fused-ring (bicyclic) bond motifs is 1. The summed E-state index contributed by atoms with van der Waals surface area (Å²) in [7, 11) is 0. The summed E-state index contributed by atoms with van der Waals surface area (Å²) in [6, 6.07) is 9.89. The minimum atomic E-state index is 0.451. The number of ether oxygens (including phenoxy) is 2. The topological polar surface area (TPSA) is 36.3 Å². The molecular formula is C21H24N2O2. The molecular weight excluding hydrogens is 312 g/mol. The molecule has 1 aromatic carbocycles. The zero-order chi connectivity index (χ0) is 17.8. The molecule has 25 heavy (non-hydrogen) atoms. The summed E-state index contributed by atoms with van der Waals surface area (Å²) in [5, 5.41) is 0. The van der Waals surface area contributed by atoms with Crippen molar-refractivity contribution in [3.05, 3.63) is 66.0 Å². The molecule has 3 rings (SSSR count). The Morgan fingerprint density at radius 1 is 1.12 bits per heavy atom. The SMILES string of the molecule is C=CCn1c(C)c(C)c2nccc(OCc3ccccc3OCC)c21. The summed E-state index contributed by atoms with van der Waals surface area (Å²) >= 11 is 0. The van der Waals surface area contributed by atoms with E-state index in [9.17, 15) is 0 Å². The molecule has 4 nitrogen and oxygen atoms in total. The van der Waals surface area contributed by atoms with Crippen LogP contribution in [-0.2, 0) is 13.2 Å². The minimum absolute atomic E-state index is 0.451. The molecule has 4 heteroatoms. The second-order valence-corrected chi connectivity index (χ2v) is 5.95. The van der Waals surface area contributed by atoms with E-state index in [-0.39, 0.29) is 0 Å². The highest BCUT2D eigenvalue weighted by molar-refractivity contribution is 5.86. The molecule has 0 atom stereocenters. The quantitative estimate of drug-likeness (QED) is 0.581. The first kappa shape index (κ1) is 17.1. The molecule has 0 aliphatic rings. The van der Waals surface area contributed by atoms with Crippen molar-refractivity contribution >= 4 is 11.0 Å². The third-order valence-corrected chi connectivity index (χ3v) is 4.43. The number of pyridine rings is 1. The highest BCUT2D eigenvalue weighted by atomic mass is 16.5. The summed E-state index contributed by atoms with van der Waals surface area (Å²) in [6.07, 6.45) is 3.70. The average molecular weight is 336 g/mol. The Hall–Kier alpha value is -2.75. The lowest BCUT2D eigenvalue weighted by molar-refractivity contribution is 0.288. The summed E-state index contributed by atoms with van der Waals surface area (Å²) < 4.78 is 14.1. The van der Waals surface area contributed by atoms with E-state index in [1.54, 1.807) is 6.20 Å². The molecule has 0 bridgehead atoms. The molecule has 0 unspecified atom stereocenters. The fraction of sp³-hybridized carbons (Fsp3) is 0.286. The van der Waals surface area contributed by atoms with Crippen LogP contribution in [0.15, 0.2) is 49.2 Å². The van der Waals surface area contributed by atoms with E-state index in [4.69, 9.17) is 9.47 Å². The van der Waals surface area contributed by atoms with Crippen molar-refractivity contribution in [3.8, 4) is 11.5 Å². The lowest BCUT2D eigenvalue weighted by Gasteiger charge is -2.13. The van der Waals surface area contributed by atoms with Crippen molar-refractivity contribution < 1.29 is 9.47 Å². The van der Waals surface area contributed by atoms with Gasteiger partial charge in [-0.2, -0.15) is 0 Å². The van der Waals surface area contributed by atoms with Crippen molar-refractivity contribution in [1.82, 2.24) is 9.55 Å². The lowest BCUT2D eigenvalue weighted by Crippen LogP contribution is -2.03. The first-order valence-electron chi connectivity index (χ1n) is 8.56. The fourth-order valence-electron chi connectivity index (χ4n) is 3.06. The van der Waals surface area contributed by atoms with Crippen molar-refractivity contribution in [1.29, 1.82) is 0 Å². The second kappa shape index (κ2) is 7.43. The van der Waals surface area contributed by atoms with Gasteiger partial charge in [-0.05, 0) is 32.4 Å².